The molecule has 7 nitrogen and oxygen atoms in total. The molecule has 240 valence electrons. The predicted octanol–water partition coefficient (Wildman–Crippen LogP) is 7.17. The van der Waals surface area contributed by atoms with Gasteiger partial charge in [-0.3, -0.25) is 4.79 Å². The average molecular weight is 702 g/mol. The minimum Gasteiger partial charge on any atom is -0.487 e. The number of aromatic nitrogens is 1. The van der Waals surface area contributed by atoms with Crippen molar-refractivity contribution in [1.29, 1.82) is 0 Å². The molecule has 2 aromatic carbocycles. The molecule has 2 bridgehead atoms. The Kier molecular flexibility index (Phi) is 9.57. The van der Waals surface area contributed by atoms with Gasteiger partial charge in [0.25, 0.3) is 11.1 Å². The number of carbonyl (C=O) groups excluding carboxylic acids is 1. The molecule has 3 aliphatic rings. The smallest absolute Gasteiger partial charge is 0.417 e. The van der Waals surface area contributed by atoms with Gasteiger partial charge in [0.1, 0.15) is 13.2 Å². The van der Waals surface area contributed by atoms with E-state index in [1.165, 1.54) is 17.4 Å². The van der Waals surface area contributed by atoms with Crippen molar-refractivity contribution in [1.82, 2.24) is 20.5 Å². The first-order valence-corrected chi connectivity index (χ1v) is 16.5. The van der Waals surface area contributed by atoms with Crippen molar-refractivity contribution in [2.45, 2.75) is 57.0 Å². The summed E-state index contributed by atoms with van der Waals surface area (Å²) in [5.41, 5.74) is 1.75. The molecule has 0 spiro atoms. The van der Waals surface area contributed by atoms with E-state index in [2.05, 4.69) is 15.6 Å². The molecule has 2 fully saturated rings. The van der Waals surface area contributed by atoms with Gasteiger partial charge >= 0.3 is 6.18 Å². The van der Waals surface area contributed by atoms with E-state index in [9.17, 15) is 18.0 Å². The number of rotatable bonds is 10. The Morgan fingerprint density at radius 2 is 1.84 bits per heavy atom. The number of hydrogen-bond acceptors (Lipinski definition) is 7. The van der Waals surface area contributed by atoms with Crippen LogP contribution in [0.5, 0.6) is 10.9 Å². The lowest BCUT2D eigenvalue weighted by Gasteiger charge is -2.40. The van der Waals surface area contributed by atoms with Gasteiger partial charge in [-0.2, -0.15) is 13.2 Å². The first-order valence-electron chi connectivity index (χ1n) is 14.5. The number of hydrogen-bond donors (Lipinski definition) is 2. The summed E-state index contributed by atoms with van der Waals surface area (Å²) in [6.07, 6.45) is -0.738. The third-order valence-electron chi connectivity index (χ3n) is 7.98. The van der Waals surface area contributed by atoms with Gasteiger partial charge in [0, 0.05) is 43.5 Å². The summed E-state index contributed by atoms with van der Waals surface area (Å²) < 4.78 is 52.3. The molecule has 1 saturated heterocycles. The number of benzene rings is 2. The third-order valence-corrected chi connectivity index (χ3v) is 9.96. The summed E-state index contributed by atoms with van der Waals surface area (Å²) in [5, 5.41) is 7.83. The fraction of sp³-hybridized carbons (Fsp3) is 0.419. The van der Waals surface area contributed by atoms with Crippen molar-refractivity contribution in [3.63, 3.8) is 0 Å². The minimum absolute atomic E-state index is 0.0152. The molecule has 14 heteroatoms. The molecule has 1 aromatic heterocycles. The van der Waals surface area contributed by atoms with E-state index in [0.717, 1.165) is 41.5 Å². The number of aryl methyl sites for hydroxylation is 1. The number of halogens is 6. The minimum atomic E-state index is -4.59. The standard InChI is InChI=1S/C31H30Cl3F3N4O3S/c1-16-9-22(32)28(23(33)10-16)43-7-8-44-30-39-14-25(45-30)20-11-18-12-38-13-24(40-18)26(20)29(42)41(19-5-6-19)15-17-3-2-4-21(27(17)34)31(35,36)37/h2-4,9-10,14,18-19,24,38,40H,5-8,11-13,15H2,1H3. The number of ether oxygens (including phenoxy) is 2. The Balaban J connectivity index is 1.22. The van der Waals surface area contributed by atoms with Crippen LogP contribution in [0.15, 0.2) is 42.1 Å². The van der Waals surface area contributed by atoms with E-state index in [0.29, 0.717) is 39.5 Å². The van der Waals surface area contributed by atoms with E-state index < -0.39 is 11.7 Å². The molecule has 0 radical (unpaired) electrons. The maximum absolute atomic E-state index is 14.3. The molecule has 3 heterocycles. The van der Waals surface area contributed by atoms with Crippen LogP contribution in [0.2, 0.25) is 15.1 Å². The van der Waals surface area contributed by atoms with Gasteiger partial charge in [0.15, 0.2) is 5.75 Å². The van der Waals surface area contributed by atoms with Crippen molar-refractivity contribution in [3.05, 3.63) is 78.7 Å². The Bertz CT molecular complexity index is 1610. The van der Waals surface area contributed by atoms with Gasteiger partial charge in [-0.25, -0.2) is 4.98 Å². The second-order valence-corrected chi connectivity index (χ2v) is 13.5. The quantitative estimate of drug-likeness (QED) is 0.219. The molecule has 2 unspecified atom stereocenters. The van der Waals surface area contributed by atoms with Gasteiger partial charge in [0.05, 0.1) is 31.6 Å². The highest BCUT2D eigenvalue weighted by atomic mass is 35.5. The summed E-state index contributed by atoms with van der Waals surface area (Å²) in [6.45, 7) is 3.56. The number of nitrogens with zero attached hydrogens (tertiary/aromatic N) is 2. The van der Waals surface area contributed by atoms with Crippen LogP contribution in [-0.4, -0.2) is 60.2 Å². The molecule has 2 N–H and O–H groups in total. The largest absolute Gasteiger partial charge is 0.487 e. The summed E-state index contributed by atoms with van der Waals surface area (Å²) in [6, 6.07) is 7.16. The van der Waals surface area contributed by atoms with Crippen LogP contribution in [0.25, 0.3) is 5.57 Å². The topological polar surface area (TPSA) is 75.7 Å². The molecule has 2 atom stereocenters. The van der Waals surface area contributed by atoms with Crippen LogP contribution < -0.4 is 20.1 Å². The second kappa shape index (κ2) is 13.3. The summed E-state index contributed by atoms with van der Waals surface area (Å²) in [5.74, 6) is 0.180. The molecule has 45 heavy (non-hydrogen) atoms. The van der Waals surface area contributed by atoms with Crippen molar-refractivity contribution >= 4 is 57.6 Å². The Morgan fingerprint density at radius 1 is 1.11 bits per heavy atom. The summed E-state index contributed by atoms with van der Waals surface area (Å²) >= 11 is 20.1. The highest BCUT2D eigenvalue weighted by Gasteiger charge is 2.42. The lowest BCUT2D eigenvalue weighted by atomic mass is 9.86. The number of carbonyl (C=O) groups is 1. The Hall–Kier alpha value is -2.54. The maximum atomic E-state index is 14.3. The van der Waals surface area contributed by atoms with Crippen LogP contribution >= 0.6 is 46.1 Å². The highest BCUT2D eigenvalue weighted by molar-refractivity contribution is 7.14. The van der Waals surface area contributed by atoms with Crippen LogP contribution in [-0.2, 0) is 17.5 Å². The van der Waals surface area contributed by atoms with Gasteiger partial charge in [-0.15, -0.1) is 0 Å². The molecule has 2 aliphatic heterocycles. The van der Waals surface area contributed by atoms with E-state index >= 15 is 0 Å². The maximum Gasteiger partial charge on any atom is 0.417 e. The number of piperazine rings is 1. The number of alkyl halides is 3. The first-order chi connectivity index (χ1) is 21.5. The van der Waals surface area contributed by atoms with Crippen LogP contribution in [0.1, 0.15) is 40.8 Å². The lowest BCUT2D eigenvalue weighted by molar-refractivity contribution is -0.137. The van der Waals surface area contributed by atoms with Gasteiger partial charge in [-0.05, 0) is 61.1 Å². The lowest BCUT2D eigenvalue weighted by Crippen LogP contribution is -2.59. The van der Waals surface area contributed by atoms with E-state index in [1.807, 2.05) is 6.92 Å². The van der Waals surface area contributed by atoms with E-state index in [-0.39, 0.29) is 54.4 Å². The zero-order valence-corrected chi connectivity index (χ0v) is 27.2. The SMILES string of the molecule is Cc1cc(Cl)c(OCCOc2ncc(C3=C(C(=O)N(Cc4cccc(C(F)(F)F)c4Cl)C4CC4)C4CNCC(C3)N4)s2)c(Cl)c1. The molecule has 1 aliphatic carbocycles. The summed E-state index contributed by atoms with van der Waals surface area (Å²) in [4.78, 5) is 21.3. The third kappa shape index (κ3) is 7.24. The molecule has 1 amide bonds. The van der Waals surface area contributed by atoms with Gasteiger partial charge in [-0.1, -0.05) is 58.3 Å². The molecular weight excluding hydrogens is 672 g/mol. The number of thiazole rings is 1. The number of nitrogens with one attached hydrogen (secondary N) is 2. The fourth-order valence-electron chi connectivity index (χ4n) is 5.77. The summed E-state index contributed by atoms with van der Waals surface area (Å²) in [7, 11) is 0. The van der Waals surface area contributed by atoms with Crippen molar-refractivity contribution in [2.24, 2.45) is 0 Å². The monoisotopic (exact) mass is 700 g/mol. The fourth-order valence-corrected chi connectivity index (χ4v) is 7.63. The normalized spacial score (nSPS) is 19.9. The Labute approximate surface area is 277 Å². The van der Waals surface area contributed by atoms with Crippen LogP contribution in [0.3, 0.4) is 0 Å². The zero-order valence-electron chi connectivity index (χ0n) is 24.1. The van der Waals surface area contributed by atoms with Crippen molar-refractivity contribution in [2.75, 3.05) is 26.3 Å². The molecule has 3 aromatic rings. The molecule has 1 saturated carbocycles. The zero-order chi connectivity index (χ0) is 31.9. The first kappa shape index (κ1) is 32.4. The van der Waals surface area contributed by atoms with Crippen molar-refractivity contribution in [3.8, 4) is 10.9 Å². The average Bonchev–Trinajstić information content (AvgIpc) is 3.71. The Morgan fingerprint density at radius 3 is 2.56 bits per heavy atom. The van der Waals surface area contributed by atoms with Crippen molar-refractivity contribution < 1.29 is 27.4 Å². The number of fused-ring (bicyclic) bond motifs is 2. The van der Waals surface area contributed by atoms with E-state index in [4.69, 9.17) is 44.3 Å². The van der Waals surface area contributed by atoms with Crippen LogP contribution in [0.4, 0.5) is 13.2 Å². The predicted molar refractivity (Wildman–Crippen MR) is 169 cm³/mol. The van der Waals surface area contributed by atoms with E-state index in [1.54, 1.807) is 29.3 Å². The van der Waals surface area contributed by atoms with Gasteiger partial charge in [0.2, 0.25) is 0 Å². The second-order valence-electron chi connectivity index (χ2n) is 11.4. The van der Waals surface area contributed by atoms with Crippen LogP contribution in [0, 0.1) is 6.92 Å². The highest BCUT2D eigenvalue weighted by Crippen LogP contribution is 2.41. The number of amides is 1. The molecular formula is C31H30Cl3F3N4O3S. The molecule has 6 rings (SSSR count). The van der Waals surface area contributed by atoms with Gasteiger partial charge < -0.3 is 25.0 Å².